The average molecular weight is 265 g/mol. The van der Waals surface area contributed by atoms with Crippen molar-refractivity contribution in [3.05, 3.63) is 29.3 Å². The van der Waals surface area contributed by atoms with Gasteiger partial charge in [0.2, 0.25) is 5.91 Å². The van der Waals surface area contributed by atoms with Crippen molar-refractivity contribution < 1.29 is 19.4 Å². The zero-order valence-corrected chi connectivity index (χ0v) is 11.6. The Labute approximate surface area is 112 Å². The van der Waals surface area contributed by atoms with Gasteiger partial charge in [-0.15, -0.1) is 0 Å². The van der Waals surface area contributed by atoms with Crippen molar-refractivity contribution in [2.75, 3.05) is 12.4 Å². The highest BCUT2D eigenvalue weighted by Gasteiger charge is 2.22. The van der Waals surface area contributed by atoms with Crippen molar-refractivity contribution in [1.82, 2.24) is 0 Å². The van der Waals surface area contributed by atoms with Gasteiger partial charge in [0.15, 0.2) is 0 Å². The predicted molar refractivity (Wildman–Crippen MR) is 72.5 cm³/mol. The van der Waals surface area contributed by atoms with Gasteiger partial charge in [-0.25, -0.2) is 4.79 Å². The number of amides is 1. The summed E-state index contributed by atoms with van der Waals surface area (Å²) in [5, 5.41) is 11.8. The summed E-state index contributed by atoms with van der Waals surface area (Å²) < 4.78 is 5.18. The molecular formula is C14H19NO4. The summed E-state index contributed by atoms with van der Waals surface area (Å²) in [6.07, 6.45) is 0.150. The molecule has 1 aromatic carbocycles. The van der Waals surface area contributed by atoms with Gasteiger partial charge < -0.3 is 15.2 Å². The second-order valence-corrected chi connectivity index (χ2v) is 4.99. The van der Waals surface area contributed by atoms with Crippen molar-refractivity contribution in [1.29, 1.82) is 0 Å². The highest BCUT2D eigenvalue weighted by molar-refractivity contribution is 6.01. The number of carbonyl (C=O) groups excluding carboxylic acids is 1. The maximum Gasteiger partial charge on any atom is 0.337 e. The highest BCUT2D eigenvalue weighted by Crippen LogP contribution is 2.22. The van der Waals surface area contributed by atoms with Gasteiger partial charge in [0.05, 0.1) is 23.3 Å². The molecule has 1 aromatic rings. The van der Waals surface area contributed by atoms with E-state index in [9.17, 15) is 9.59 Å². The van der Waals surface area contributed by atoms with Crippen LogP contribution in [-0.2, 0) is 9.53 Å². The molecule has 0 spiro atoms. The number of methoxy groups -OCH3 is 1. The molecule has 0 radical (unpaired) electrons. The lowest BCUT2D eigenvalue weighted by atomic mass is 10.0. The molecule has 5 heteroatoms. The third-order valence-electron chi connectivity index (χ3n) is 2.91. The van der Waals surface area contributed by atoms with Crippen LogP contribution in [0.1, 0.15) is 36.2 Å². The van der Waals surface area contributed by atoms with Crippen LogP contribution in [0, 0.1) is 6.92 Å². The first kappa shape index (κ1) is 15.2. The first-order chi connectivity index (χ1) is 8.76. The molecule has 0 saturated carbocycles. The highest BCUT2D eigenvalue weighted by atomic mass is 16.5. The fraction of sp³-hybridized carbons (Fsp3) is 0.429. The van der Waals surface area contributed by atoms with Crippen molar-refractivity contribution in [3.8, 4) is 0 Å². The maximum atomic E-state index is 11.9. The van der Waals surface area contributed by atoms with E-state index in [1.807, 2.05) is 0 Å². The van der Waals surface area contributed by atoms with Gasteiger partial charge in [0.25, 0.3) is 0 Å². The van der Waals surface area contributed by atoms with Crippen LogP contribution in [0.15, 0.2) is 18.2 Å². The minimum absolute atomic E-state index is 0.0866. The Morgan fingerprint density at radius 2 is 2.00 bits per heavy atom. The largest absolute Gasteiger partial charge is 0.478 e. The molecule has 0 saturated heterocycles. The second-order valence-electron chi connectivity index (χ2n) is 4.99. The standard InChI is InChI=1S/C14H19NO4/c1-9-6-5-7-10(13(17)18)12(9)15-11(16)8-14(2,3)19-4/h5-7H,8H2,1-4H3,(H,15,16)(H,17,18). The molecule has 0 unspecified atom stereocenters. The molecule has 0 heterocycles. The smallest absolute Gasteiger partial charge is 0.337 e. The molecule has 19 heavy (non-hydrogen) atoms. The maximum absolute atomic E-state index is 11.9. The van der Waals surface area contributed by atoms with Crippen molar-refractivity contribution in [3.63, 3.8) is 0 Å². The van der Waals surface area contributed by atoms with Crippen LogP contribution in [0.4, 0.5) is 5.69 Å². The molecule has 0 atom stereocenters. The van der Waals surface area contributed by atoms with E-state index in [-0.39, 0.29) is 17.9 Å². The minimum Gasteiger partial charge on any atom is -0.478 e. The third kappa shape index (κ3) is 4.06. The number of anilines is 1. The molecule has 0 aromatic heterocycles. The monoisotopic (exact) mass is 265 g/mol. The van der Waals surface area contributed by atoms with E-state index >= 15 is 0 Å². The Kier molecular flexibility index (Phi) is 4.67. The van der Waals surface area contributed by atoms with Crippen molar-refractivity contribution >= 4 is 17.6 Å². The number of hydrogen-bond donors (Lipinski definition) is 2. The number of aromatic carboxylic acids is 1. The zero-order chi connectivity index (χ0) is 14.6. The summed E-state index contributed by atoms with van der Waals surface area (Å²) in [7, 11) is 1.53. The number of hydrogen-bond acceptors (Lipinski definition) is 3. The van der Waals surface area contributed by atoms with Gasteiger partial charge in [-0.05, 0) is 32.4 Å². The lowest BCUT2D eigenvalue weighted by molar-refractivity contribution is -0.121. The van der Waals surface area contributed by atoms with Crippen LogP contribution in [0.5, 0.6) is 0 Å². The van der Waals surface area contributed by atoms with E-state index < -0.39 is 11.6 Å². The van der Waals surface area contributed by atoms with Crippen LogP contribution >= 0.6 is 0 Å². The van der Waals surface area contributed by atoms with E-state index in [0.717, 1.165) is 0 Å². The molecule has 0 fully saturated rings. The topological polar surface area (TPSA) is 75.6 Å². The van der Waals surface area contributed by atoms with Crippen molar-refractivity contribution in [2.45, 2.75) is 32.8 Å². The van der Waals surface area contributed by atoms with Gasteiger partial charge >= 0.3 is 5.97 Å². The Morgan fingerprint density at radius 3 is 2.53 bits per heavy atom. The number of nitrogens with one attached hydrogen (secondary N) is 1. The van der Waals surface area contributed by atoms with E-state index in [0.29, 0.717) is 11.3 Å². The molecule has 104 valence electrons. The lowest BCUT2D eigenvalue weighted by Gasteiger charge is -2.22. The van der Waals surface area contributed by atoms with Gasteiger partial charge in [0, 0.05) is 7.11 Å². The summed E-state index contributed by atoms with van der Waals surface area (Å²) in [5.74, 6) is -1.34. The summed E-state index contributed by atoms with van der Waals surface area (Å²) in [4.78, 5) is 23.1. The van der Waals surface area contributed by atoms with Crippen LogP contribution < -0.4 is 5.32 Å². The molecule has 0 aliphatic heterocycles. The SMILES string of the molecule is COC(C)(C)CC(=O)Nc1c(C)cccc1C(=O)O. The molecular weight excluding hydrogens is 246 g/mol. The summed E-state index contributed by atoms with van der Waals surface area (Å²) in [5.41, 5.74) is 0.551. The zero-order valence-electron chi connectivity index (χ0n) is 11.6. The summed E-state index contributed by atoms with van der Waals surface area (Å²) >= 11 is 0. The third-order valence-corrected chi connectivity index (χ3v) is 2.91. The quantitative estimate of drug-likeness (QED) is 0.857. The number of carboxylic acids is 1. The predicted octanol–water partition coefficient (Wildman–Crippen LogP) is 2.45. The van der Waals surface area contributed by atoms with E-state index in [2.05, 4.69) is 5.32 Å². The van der Waals surface area contributed by atoms with E-state index in [1.54, 1.807) is 32.9 Å². The Bertz CT molecular complexity index is 494. The fourth-order valence-electron chi connectivity index (χ4n) is 1.65. The van der Waals surface area contributed by atoms with Crippen LogP contribution in [0.25, 0.3) is 0 Å². The number of ether oxygens (including phenoxy) is 1. The first-order valence-corrected chi connectivity index (χ1v) is 5.95. The summed E-state index contributed by atoms with van der Waals surface area (Å²) in [6.45, 7) is 5.34. The lowest BCUT2D eigenvalue weighted by Crippen LogP contribution is -2.30. The molecule has 0 aliphatic carbocycles. The Morgan fingerprint density at radius 1 is 1.37 bits per heavy atom. The van der Waals surface area contributed by atoms with Crippen LogP contribution in [0.2, 0.25) is 0 Å². The number of carboxylic acid groups (broad SMARTS) is 1. The Hall–Kier alpha value is -1.88. The molecule has 0 bridgehead atoms. The number of benzene rings is 1. The number of para-hydroxylation sites is 1. The van der Waals surface area contributed by atoms with E-state index in [1.165, 1.54) is 13.2 Å². The first-order valence-electron chi connectivity index (χ1n) is 5.95. The number of aryl methyl sites for hydroxylation is 1. The van der Waals surface area contributed by atoms with Gasteiger partial charge in [-0.1, -0.05) is 12.1 Å². The summed E-state index contributed by atoms with van der Waals surface area (Å²) in [6, 6.07) is 4.86. The molecule has 0 aliphatic rings. The van der Waals surface area contributed by atoms with Crippen LogP contribution in [0.3, 0.4) is 0 Å². The van der Waals surface area contributed by atoms with Gasteiger partial charge in [-0.2, -0.15) is 0 Å². The van der Waals surface area contributed by atoms with E-state index in [4.69, 9.17) is 9.84 Å². The van der Waals surface area contributed by atoms with Gasteiger partial charge in [0.1, 0.15) is 0 Å². The normalized spacial score (nSPS) is 11.2. The molecule has 1 rings (SSSR count). The minimum atomic E-state index is -1.06. The molecule has 2 N–H and O–H groups in total. The number of rotatable bonds is 5. The van der Waals surface area contributed by atoms with Gasteiger partial charge in [-0.3, -0.25) is 4.79 Å². The second kappa shape index (κ2) is 5.84. The fourth-order valence-corrected chi connectivity index (χ4v) is 1.65. The molecule has 5 nitrogen and oxygen atoms in total. The Balaban J connectivity index is 2.94. The van der Waals surface area contributed by atoms with Crippen molar-refractivity contribution in [2.24, 2.45) is 0 Å². The number of carbonyl (C=O) groups is 2. The molecule has 1 amide bonds. The van der Waals surface area contributed by atoms with Crippen LogP contribution in [-0.4, -0.2) is 29.7 Å². The average Bonchev–Trinajstić information content (AvgIpc) is 2.30.